The number of hydrogen-bond acceptors (Lipinski definition) is 5. The fourth-order valence-electron chi connectivity index (χ4n) is 1.72. The third kappa shape index (κ3) is 3.33. The van der Waals surface area contributed by atoms with Crippen molar-refractivity contribution < 1.29 is 19.1 Å². The number of ether oxygens (including phenoxy) is 2. The van der Waals surface area contributed by atoms with Crippen LogP contribution in [-0.4, -0.2) is 30.9 Å². The number of fused-ring (bicyclic) bond motifs is 1. The molecule has 1 aromatic rings. The highest BCUT2D eigenvalue weighted by atomic mass is 79.9. The van der Waals surface area contributed by atoms with Crippen LogP contribution in [0, 0.1) is 0 Å². The minimum Gasteiger partial charge on any atom is -0.454 e. The third-order valence-corrected chi connectivity index (χ3v) is 3.67. The zero-order chi connectivity index (χ0) is 14.8. The molecular weight excluding hydrogens is 342 g/mol. The lowest BCUT2D eigenvalue weighted by molar-refractivity contribution is -0.139. The van der Waals surface area contributed by atoms with E-state index in [0.717, 1.165) is 17.3 Å². The Balaban J connectivity index is 1.60. The van der Waals surface area contributed by atoms with Crippen LogP contribution in [0.25, 0.3) is 0 Å². The Morgan fingerprint density at radius 2 is 1.95 bits per heavy atom. The first-order valence-electron chi connectivity index (χ1n) is 6.36. The number of carbonyl (C=O) groups is 2. The standard InChI is InChI=1S/C13H12BrN3O4/c14-9-4-11-10(20-6-21-11)3-7(9)5-15-17-13(19)12(18)16-8-1-2-8/h3-5,8H,1-2,6H2,(H,16,18)(H,17,19)/b15-5+. The molecule has 1 fully saturated rings. The summed E-state index contributed by atoms with van der Waals surface area (Å²) >= 11 is 3.37. The summed E-state index contributed by atoms with van der Waals surface area (Å²) in [6.07, 6.45) is 3.27. The van der Waals surface area contributed by atoms with Crippen LogP contribution in [0.4, 0.5) is 0 Å². The molecule has 1 aliphatic carbocycles. The molecular formula is C13H12BrN3O4. The Hall–Kier alpha value is -2.09. The first kappa shape index (κ1) is 13.9. The van der Waals surface area contributed by atoms with Crippen molar-refractivity contribution in [3.05, 3.63) is 22.2 Å². The van der Waals surface area contributed by atoms with E-state index in [9.17, 15) is 9.59 Å². The Morgan fingerprint density at radius 3 is 2.67 bits per heavy atom. The third-order valence-electron chi connectivity index (χ3n) is 2.98. The second kappa shape index (κ2) is 5.72. The van der Waals surface area contributed by atoms with E-state index >= 15 is 0 Å². The predicted molar refractivity (Wildman–Crippen MR) is 77.2 cm³/mol. The molecule has 8 heteroatoms. The van der Waals surface area contributed by atoms with Crippen LogP contribution in [-0.2, 0) is 9.59 Å². The molecule has 0 bridgehead atoms. The first-order valence-corrected chi connectivity index (χ1v) is 7.16. The van der Waals surface area contributed by atoms with E-state index in [1.807, 2.05) is 0 Å². The molecule has 1 saturated carbocycles. The van der Waals surface area contributed by atoms with E-state index < -0.39 is 11.8 Å². The van der Waals surface area contributed by atoms with Gasteiger partial charge in [-0.05, 0) is 40.9 Å². The van der Waals surface area contributed by atoms with Crippen LogP contribution in [0.1, 0.15) is 18.4 Å². The lowest BCUT2D eigenvalue weighted by Crippen LogP contribution is -2.38. The first-order chi connectivity index (χ1) is 10.1. The average Bonchev–Trinajstić information content (AvgIpc) is 3.15. The fourth-order valence-corrected chi connectivity index (χ4v) is 2.15. The topological polar surface area (TPSA) is 89.0 Å². The van der Waals surface area contributed by atoms with Crippen molar-refractivity contribution >= 4 is 34.0 Å². The van der Waals surface area contributed by atoms with Gasteiger partial charge in [0.25, 0.3) is 0 Å². The maximum absolute atomic E-state index is 11.5. The molecule has 2 N–H and O–H groups in total. The zero-order valence-corrected chi connectivity index (χ0v) is 12.5. The summed E-state index contributed by atoms with van der Waals surface area (Å²) in [6.45, 7) is 0.181. The van der Waals surface area contributed by atoms with Gasteiger partial charge in [0, 0.05) is 16.1 Å². The molecule has 0 saturated heterocycles. The van der Waals surface area contributed by atoms with E-state index in [1.165, 1.54) is 6.21 Å². The van der Waals surface area contributed by atoms with Crippen molar-refractivity contribution in [1.29, 1.82) is 0 Å². The van der Waals surface area contributed by atoms with Gasteiger partial charge in [-0.25, -0.2) is 5.43 Å². The maximum Gasteiger partial charge on any atom is 0.329 e. The summed E-state index contributed by atoms with van der Waals surface area (Å²) in [5.74, 6) is -0.196. The van der Waals surface area contributed by atoms with Gasteiger partial charge < -0.3 is 14.8 Å². The molecule has 1 heterocycles. The molecule has 0 unspecified atom stereocenters. The lowest BCUT2D eigenvalue weighted by atomic mass is 10.2. The van der Waals surface area contributed by atoms with Crippen molar-refractivity contribution in [2.45, 2.75) is 18.9 Å². The number of benzene rings is 1. The maximum atomic E-state index is 11.5. The highest BCUT2D eigenvalue weighted by Crippen LogP contribution is 2.36. The number of rotatable bonds is 3. The smallest absolute Gasteiger partial charge is 0.329 e. The second-order valence-electron chi connectivity index (χ2n) is 4.67. The lowest BCUT2D eigenvalue weighted by Gasteiger charge is -2.02. The molecule has 2 amide bonds. The fraction of sp³-hybridized carbons (Fsp3) is 0.308. The molecule has 0 radical (unpaired) electrons. The van der Waals surface area contributed by atoms with E-state index in [-0.39, 0.29) is 12.8 Å². The average molecular weight is 354 g/mol. The molecule has 2 aliphatic rings. The van der Waals surface area contributed by atoms with Gasteiger partial charge in [0.2, 0.25) is 6.79 Å². The molecule has 3 rings (SSSR count). The van der Waals surface area contributed by atoms with Gasteiger partial charge in [0.1, 0.15) is 0 Å². The number of nitrogens with zero attached hydrogens (tertiary/aromatic N) is 1. The van der Waals surface area contributed by atoms with Crippen molar-refractivity contribution in [1.82, 2.24) is 10.7 Å². The van der Waals surface area contributed by atoms with Crippen LogP contribution in [0.3, 0.4) is 0 Å². The van der Waals surface area contributed by atoms with Crippen molar-refractivity contribution in [3.8, 4) is 11.5 Å². The van der Waals surface area contributed by atoms with Crippen molar-refractivity contribution in [2.75, 3.05) is 6.79 Å². The normalized spacial score (nSPS) is 16.0. The summed E-state index contributed by atoms with van der Waals surface area (Å²) in [6, 6.07) is 3.62. The quantitative estimate of drug-likeness (QED) is 0.480. The van der Waals surface area contributed by atoms with Crippen molar-refractivity contribution in [2.24, 2.45) is 5.10 Å². The number of hydrazone groups is 1. The minimum atomic E-state index is -0.782. The number of amides is 2. The van der Waals surface area contributed by atoms with Crippen LogP contribution in [0.15, 0.2) is 21.7 Å². The predicted octanol–water partition coefficient (Wildman–Crippen LogP) is 0.906. The largest absolute Gasteiger partial charge is 0.454 e. The SMILES string of the molecule is O=C(N/N=C/c1cc2c(cc1Br)OCO2)C(=O)NC1CC1. The Kier molecular flexibility index (Phi) is 3.78. The van der Waals surface area contributed by atoms with Crippen LogP contribution >= 0.6 is 15.9 Å². The van der Waals surface area contributed by atoms with Gasteiger partial charge in [-0.2, -0.15) is 5.10 Å². The monoisotopic (exact) mass is 353 g/mol. The number of halogens is 1. The van der Waals surface area contributed by atoms with Gasteiger partial charge in [0.05, 0.1) is 6.21 Å². The second-order valence-corrected chi connectivity index (χ2v) is 5.53. The number of carbonyl (C=O) groups excluding carboxylic acids is 2. The highest BCUT2D eigenvalue weighted by Gasteiger charge is 2.26. The van der Waals surface area contributed by atoms with Gasteiger partial charge in [-0.15, -0.1) is 0 Å². The molecule has 7 nitrogen and oxygen atoms in total. The van der Waals surface area contributed by atoms with Crippen LogP contribution in [0.5, 0.6) is 11.5 Å². The Bertz CT molecular complexity index is 628. The van der Waals surface area contributed by atoms with Gasteiger partial charge in [-0.1, -0.05) is 0 Å². The van der Waals surface area contributed by atoms with Crippen LogP contribution in [0.2, 0.25) is 0 Å². The summed E-state index contributed by atoms with van der Waals surface area (Å²) in [5.41, 5.74) is 2.88. The van der Waals surface area contributed by atoms with Gasteiger partial charge >= 0.3 is 11.8 Å². The molecule has 21 heavy (non-hydrogen) atoms. The zero-order valence-electron chi connectivity index (χ0n) is 10.9. The summed E-state index contributed by atoms with van der Waals surface area (Å²) in [4.78, 5) is 22.9. The minimum absolute atomic E-state index is 0.134. The Labute approximate surface area is 128 Å². The number of hydrogen-bond donors (Lipinski definition) is 2. The van der Waals surface area contributed by atoms with Gasteiger partial charge in [0.15, 0.2) is 11.5 Å². The summed E-state index contributed by atoms with van der Waals surface area (Å²) in [5, 5.41) is 6.34. The van der Waals surface area contributed by atoms with E-state index in [1.54, 1.807) is 12.1 Å². The van der Waals surface area contributed by atoms with Gasteiger partial charge in [-0.3, -0.25) is 9.59 Å². The summed E-state index contributed by atoms with van der Waals surface area (Å²) < 4.78 is 11.2. The summed E-state index contributed by atoms with van der Waals surface area (Å²) in [7, 11) is 0. The highest BCUT2D eigenvalue weighted by molar-refractivity contribution is 9.10. The van der Waals surface area contributed by atoms with Crippen molar-refractivity contribution in [3.63, 3.8) is 0 Å². The number of nitrogens with one attached hydrogen (secondary N) is 2. The van der Waals surface area contributed by atoms with E-state index in [0.29, 0.717) is 17.1 Å². The molecule has 0 aromatic heterocycles. The van der Waals surface area contributed by atoms with E-state index in [4.69, 9.17) is 9.47 Å². The van der Waals surface area contributed by atoms with Crippen LogP contribution < -0.4 is 20.2 Å². The van der Waals surface area contributed by atoms with E-state index in [2.05, 4.69) is 31.8 Å². The molecule has 1 aliphatic heterocycles. The molecule has 0 spiro atoms. The Morgan fingerprint density at radius 1 is 1.24 bits per heavy atom. The molecule has 0 atom stereocenters. The molecule has 1 aromatic carbocycles. The molecule has 110 valence electrons.